The summed E-state index contributed by atoms with van der Waals surface area (Å²) in [5.74, 6) is -0.0324. The SMILES string of the molecule is CCCCNc1ncc2c(-c3ccc(C(C)N4CCN(CCCOCCCc5ccc6c(c5)n(C)c(=O)n6C5CCC(=O)NC5=O)CC4)cc3)cn([C@H]3CC[C@H](O)CC3)c2n1. The molecule has 3 fully saturated rings. The van der Waals surface area contributed by atoms with Gasteiger partial charge in [-0.3, -0.25) is 28.9 Å². The van der Waals surface area contributed by atoms with Crippen molar-refractivity contribution in [3.63, 3.8) is 0 Å². The van der Waals surface area contributed by atoms with Crippen molar-refractivity contribution in [3.8, 4) is 11.1 Å². The van der Waals surface area contributed by atoms with Gasteiger partial charge in [0, 0.05) is 101 Å². The molecule has 14 heteroatoms. The molecule has 61 heavy (non-hydrogen) atoms. The fraction of sp³-hybridized carbons (Fsp3) is 0.553. The van der Waals surface area contributed by atoms with Gasteiger partial charge in [-0.1, -0.05) is 43.7 Å². The maximum absolute atomic E-state index is 13.1. The maximum atomic E-state index is 13.1. The number of aliphatic hydroxyl groups is 1. The van der Waals surface area contributed by atoms with Crippen molar-refractivity contribution in [3.05, 3.63) is 76.5 Å². The highest BCUT2D eigenvalue weighted by Gasteiger charge is 2.31. The molecule has 1 aliphatic carbocycles. The molecule has 8 rings (SSSR count). The fourth-order valence-corrected chi connectivity index (χ4v) is 9.53. The second-order valence-corrected chi connectivity index (χ2v) is 17.4. The number of aryl methyl sites for hydroxylation is 2. The van der Waals surface area contributed by atoms with E-state index in [-0.39, 0.29) is 24.1 Å². The number of imidazole rings is 1. The van der Waals surface area contributed by atoms with Crippen molar-refractivity contribution in [2.45, 2.75) is 109 Å². The summed E-state index contributed by atoms with van der Waals surface area (Å²) in [4.78, 5) is 52.1. The second kappa shape index (κ2) is 19.4. The van der Waals surface area contributed by atoms with Gasteiger partial charge in [-0.05, 0) is 93.5 Å². The minimum absolute atomic E-state index is 0.202. The van der Waals surface area contributed by atoms with Crippen LogP contribution in [0, 0.1) is 0 Å². The molecular weight excluding hydrogens is 771 g/mol. The fourth-order valence-electron chi connectivity index (χ4n) is 9.53. The average Bonchev–Trinajstić information content (AvgIpc) is 3.77. The summed E-state index contributed by atoms with van der Waals surface area (Å²) in [6, 6.07) is 15.0. The van der Waals surface area contributed by atoms with Gasteiger partial charge >= 0.3 is 5.69 Å². The summed E-state index contributed by atoms with van der Waals surface area (Å²) < 4.78 is 11.5. The van der Waals surface area contributed by atoms with Crippen LogP contribution in [0.4, 0.5) is 5.95 Å². The quantitative estimate of drug-likeness (QED) is 0.0737. The van der Waals surface area contributed by atoms with Crippen LogP contribution in [0.1, 0.15) is 107 Å². The summed E-state index contributed by atoms with van der Waals surface area (Å²) in [7, 11) is 1.73. The summed E-state index contributed by atoms with van der Waals surface area (Å²) in [5, 5.41) is 17.0. The highest BCUT2D eigenvalue weighted by atomic mass is 16.5. The van der Waals surface area contributed by atoms with Crippen LogP contribution < -0.4 is 16.3 Å². The zero-order chi connectivity index (χ0) is 42.5. The zero-order valence-corrected chi connectivity index (χ0v) is 36.2. The Morgan fingerprint density at radius 2 is 1.70 bits per heavy atom. The lowest BCUT2D eigenvalue weighted by Crippen LogP contribution is -2.47. The van der Waals surface area contributed by atoms with E-state index in [2.05, 4.69) is 69.3 Å². The molecule has 3 aromatic heterocycles. The van der Waals surface area contributed by atoms with E-state index >= 15 is 0 Å². The van der Waals surface area contributed by atoms with Gasteiger partial charge in [0.1, 0.15) is 11.7 Å². The van der Waals surface area contributed by atoms with Crippen LogP contribution in [0.2, 0.25) is 0 Å². The van der Waals surface area contributed by atoms with Gasteiger partial charge in [0.15, 0.2) is 0 Å². The molecule has 14 nitrogen and oxygen atoms in total. The van der Waals surface area contributed by atoms with Crippen LogP contribution in [-0.4, -0.2) is 109 Å². The lowest BCUT2D eigenvalue weighted by Gasteiger charge is -2.38. The number of hydrogen-bond donors (Lipinski definition) is 3. The number of benzene rings is 2. The van der Waals surface area contributed by atoms with Crippen LogP contribution in [0.5, 0.6) is 0 Å². The molecule has 2 aliphatic heterocycles. The number of carbonyl (C=O) groups excluding carboxylic acids is 2. The van der Waals surface area contributed by atoms with E-state index < -0.39 is 11.9 Å². The first kappa shape index (κ1) is 42.8. The number of imide groups is 1. The molecule has 326 valence electrons. The molecule has 5 heterocycles. The highest BCUT2D eigenvalue weighted by molar-refractivity contribution is 6.00. The standard InChI is InChI=1S/C47H63N9O5/c1-4-5-21-48-46-49-30-38-39(31-55(44(38)51-46)36-14-16-37(57)17-15-36)35-12-10-34(11-13-35)32(2)54-25-23-53(24-26-54)22-7-28-61-27-6-8-33-9-18-40-42(29-33)52(3)47(60)56(40)41-19-20-43(58)50-45(41)59/h9-13,18,29-32,36-37,41,57H,4-8,14-17,19-28H2,1-3H3,(H,48,49,51)(H,50,58,59)/t32?,36-,37-,41?. The van der Waals surface area contributed by atoms with Gasteiger partial charge in [0.2, 0.25) is 17.8 Å². The summed E-state index contributed by atoms with van der Waals surface area (Å²) >= 11 is 0. The van der Waals surface area contributed by atoms with Crippen molar-refractivity contribution >= 4 is 39.8 Å². The monoisotopic (exact) mass is 833 g/mol. The topological polar surface area (TPSA) is 152 Å². The van der Waals surface area contributed by atoms with Gasteiger partial charge < -0.3 is 24.6 Å². The number of piperazine rings is 1. The normalized spacial score (nSPS) is 21.0. The minimum Gasteiger partial charge on any atom is -0.393 e. The van der Waals surface area contributed by atoms with Crippen molar-refractivity contribution in [1.29, 1.82) is 0 Å². The number of aliphatic hydroxyl groups excluding tert-OH is 1. The Morgan fingerprint density at radius 3 is 2.46 bits per heavy atom. The molecule has 5 aromatic rings. The Balaban J connectivity index is 0.781. The number of carbonyl (C=O) groups is 2. The molecule has 0 radical (unpaired) electrons. The molecule has 2 unspecified atom stereocenters. The van der Waals surface area contributed by atoms with Crippen LogP contribution in [-0.2, 0) is 27.8 Å². The van der Waals surface area contributed by atoms with Gasteiger partial charge in [-0.25, -0.2) is 9.78 Å². The number of piperidine rings is 1. The number of amides is 2. The van der Waals surface area contributed by atoms with Crippen LogP contribution in [0.25, 0.3) is 33.2 Å². The third-order valence-corrected chi connectivity index (χ3v) is 13.3. The molecule has 3 N–H and O–H groups in total. The minimum atomic E-state index is -0.676. The number of aromatic nitrogens is 5. The molecule has 1 saturated carbocycles. The largest absolute Gasteiger partial charge is 0.393 e. The number of nitrogens with zero attached hydrogens (tertiary/aromatic N) is 7. The van der Waals surface area contributed by atoms with Gasteiger partial charge in [-0.2, -0.15) is 4.98 Å². The third kappa shape index (κ3) is 9.62. The van der Waals surface area contributed by atoms with Crippen LogP contribution >= 0.6 is 0 Å². The number of hydrogen-bond acceptors (Lipinski definition) is 10. The average molecular weight is 834 g/mol. The van der Waals surface area contributed by atoms with Crippen molar-refractivity contribution < 1.29 is 19.4 Å². The number of rotatable bonds is 17. The summed E-state index contributed by atoms with van der Waals surface area (Å²) in [6.07, 6.45) is 13.1. The molecule has 2 aromatic carbocycles. The molecule has 0 bridgehead atoms. The smallest absolute Gasteiger partial charge is 0.329 e. The first-order valence-corrected chi connectivity index (χ1v) is 22.7. The highest BCUT2D eigenvalue weighted by Crippen LogP contribution is 2.37. The lowest BCUT2D eigenvalue weighted by molar-refractivity contribution is -0.135. The third-order valence-electron chi connectivity index (χ3n) is 13.3. The van der Waals surface area contributed by atoms with E-state index in [1.54, 1.807) is 11.6 Å². The number of ether oxygens (including phenoxy) is 1. The number of nitrogens with one attached hydrogen (secondary N) is 2. The van der Waals surface area contributed by atoms with Gasteiger partial charge in [0.05, 0.1) is 17.1 Å². The molecule has 0 spiro atoms. The summed E-state index contributed by atoms with van der Waals surface area (Å²) in [5.41, 5.74) is 6.99. The van der Waals surface area contributed by atoms with Gasteiger partial charge in [0.25, 0.3) is 0 Å². The summed E-state index contributed by atoms with van der Waals surface area (Å²) in [6.45, 7) is 12.0. The van der Waals surface area contributed by atoms with E-state index in [9.17, 15) is 19.5 Å². The maximum Gasteiger partial charge on any atom is 0.329 e. The molecule has 2 amide bonds. The van der Waals surface area contributed by atoms with E-state index in [1.807, 2.05) is 24.4 Å². The van der Waals surface area contributed by atoms with Crippen molar-refractivity contribution in [1.82, 2.24) is 38.8 Å². The van der Waals surface area contributed by atoms with E-state index in [0.29, 0.717) is 36.6 Å². The Labute approximate surface area is 358 Å². The molecule has 2 atom stereocenters. The van der Waals surface area contributed by atoms with Crippen molar-refractivity contribution in [2.24, 2.45) is 7.05 Å². The second-order valence-electron chi connectivity index (χ2n) is 17.4. The zero-order valence-electron chi connectivity index (χ0n) is 36.2. The van der Waals surface area contributed by atoms with Crippen LogP contribution in [0.15, 0.2) is 59.7 Å². The number of anilines is 1. The van der Waals surface area contributed by atoms with Crippen molar-refractivity contribution in [2.75, 3.05) is 57.8 Å². The Bertz CT molecular complexity index is 2350. The predicted octanol–water partition coefficient (Wildman–Crippen LogP) is 6.14. The lowest BCUT2D eigenvalue weighted by atomic mass is 9.93. The number of unbranched alkanes of at least 4 members (excludes halogenated alkanes) is 1. The molecule has 3 aliphatic rings. The van der Waals surface area contributed by atoms with E-state index in [0.717, 1.165) is 131 Å². The number of fused-ring (bicyclic) bond motifs is 2. The van der Waals surface area contributed by atoms with Crippen LogP contribution in [0.3, 0.4) is 0 Å². The van der Waals surface area contributed by atoms with Gasteiger partial charge in [-0.15, -0.1) is 0 Å². The van der Waals surface area contributed by atoms with E-state index in [4.69, 9.17) is 14.7 Å². The molecule has 2 saturated heterocycles. The first-order chi connectivity index (χ1) is 29.7. The predicted molar refractivity (Wildman–Crippen MR) is 239 cm³/mol. The molecular formula is C47H63N9O5. The Morgan fingerprint density at radius 1 is 0.934 bits per heavy atom. The first-order valence-electron chi connectivity index (χ1n) is 22.7. The van der Waals surface area contributed by atoms with E-state index in [1.165, 1.54) is 15.7 Å². The Kier molecular flexibility index (Phi) is 13.6. The Hall–Kier alpha value is -4.89.